The number of aliphatic hydroxyl groups excluding tert-OH is 1. The van der Waals surface area contributed by atoms with Crippen molar-refractivity contribution in [3.8, 4) is 11.5 Å². The molecule has 29 heavy (non-hydrogen) atoms. The highest BCUT2D eigenvalue weighted by Crippen LogP contribution is 2.30. The number of carbonyl (C=O) groups is 1. The van der Waals surface area contributed by atoms with E-state index < -0.39 is 23.2 Å². The predicted molar refractivity (Wildman–Crippen MR) is 105 cm³/mol. The molecule has 1 aromatic heterocycles. The van der Waals surface area contributed by atoms with Gasteiger partial charge >= 0.3 is 6.16 Å². The average molecular weight is 422 g/mol. The highest BCUT2D eigenvalue weighted by Gasteiger charge is 2.18. The average Bonchev–Trinajstić information content (AvgIpc) is 2.68. The predicted octanol–water partition coefficient (Wildman–Crippen LogP) is 3.44. The summed E-state index contributed by atoms with van der Waals surface area (Å²) in [5.74, 6) is -0.659. The molecule has 0 amide bonds. The minimum atomic E-state index is -1.64. The van der Waals surface area contributed by atoms with E-state index >= 15 is 0 Å². The molecule has 7 nitrogen and oxygen atoms in total. The van der Waals surface area contributed by atoms with Crippen molar-refractivity contribution >= 4 is 28.7 Å². The van der Waals surface area contributed by atoms with Crippen molar-refractivity contribution in [3.05, 3.63) is 68.7 Å². The summed E-state index contributed by atoms with van der Waals surface area (Å²) in [5, 5.41) is 18.3. The molecule has 0 saturated carbocycles. The molecule has 0 saturated heterocycles. The topological polar surface area (TPSA) is 98.0 Å². The highest BCUT2D eigenvalue weighted by molar-refractivity contribution is 6.30. The van der Waals surface area contributed by atoms with E-state index in [2.05, 4.69) is 4.74 Å². The van der Waals surface area contributed by atoms with Crippen LogP contribution in [0.2, 0.25) is 5.02 Å². The molecule has 0 spiro atoms. The lowest BCUT2D eigenvalue weighted by molar-refractivity contribution is 0.143. The molecule has 0 aliphatic heterocycles. The summed E-state index contributed by atoms with van der Waals surface area (Å²) in [6, 6.07) is 7.79. The van der Waals surface area contributed by atoms with E-state index in [9.17, 15) is 19.1 Å². The van der Waals surface area contributed by atoms with Gasteiger partial charge in [0.25, 0.3) is 0 Å². The van der Waals surface area contributed by atoms with Crippen molar-refractivity contribution < 1.29 is 28.9 Å². The Balaban J connectivity index is 2.24. The Labute approximate surface area is 169 Å². The van der Waals surface area contributed by atoms with Gasteiger partial charge in [-0.05, 0) is 29.3 Å². The summed E-state index contributed by atoms with van der Waals surface area (Å²) in [6.45, 7) is -0.186. The van der Waals surface area contributed by atoms with E-state index in [1.54, 1.807) is 18.2 Å². The number of hydrogen-bond donors (Lipinski definition) is 2. The number of aliphatic hydroxyl groups is 1. The van der Waals surface area contributed by atoms with Crippen LogP contribution >= 0.6 is 11.6 Å². The van der Waals surface area contributed by atoms with Crippen molar-refractivity contribution in [1.82, 2.24) is 4.57 Å². The third-order valence-corrected chi connectivity index (χ3v) is 4.64. The molecule has 0 bridgehead atoms. The van der Waals surface area contributed by atoms with Crippen LogP contribution in [-0.4, -0.2) is 34.7 Å². The van der Waals surface area contributed by atoms with Crippen LogP contribution < -0.4 is 14.9 Å². The summed E-state index contributed by atoms with van der Waals surface area (Å²) >= 11 is 5.83. The summed E-state index contributed by atoms with van der Waals surface area (Å²) in [7, 11) is 1.41. The first kappa shape index (κ1) is 20.6. The molecule has 3 aromatic rings. The third-order valence-electron chi connectivity index (χ3n) is 4.35. The minimum Gasteiger partial charge on any atom is -0.495 e. The number of ether oxygens (including phenoxy) is 2. The molecule has 1 heterocycles. The van der Waals surface area contributed by atoms with Crippen molar-refractivity contribution in [2.75, 3.05) is 13.7 Å². The number of pyridine rings is 1. The van der Waals surface area contributed by atoms with Crippen LogP contribution in [0.25, 0.3) is 10.9 Å². The molecule has 0 aliphatic carbocycles. The second-order valence-electron chi connectivity index (χ2n) is 6.19. The Morgan fingerprint density at radius 3 is 2.69 bits per heavy atom. The molecule has 152 valence electrons. The first-order chi connectivity index (χ1) is 13.8. The van der Waals surface area contributed by atoms with Gasteiger partial charge in [0, 0.05) is 13.0 Å². The van der Waals surface area contributed by atoms with Crippen LogP contribution in [0.3, 0.4) is 0 Å². The van der Waals surface area contributed by atoms with Crippen molar-refractivity contribution in [3.63, 3.8) is 0 Å². The van der Waals surface area contributed by atoms with Crippen LogP contribution in [0.5, 0.6) is 11.5 Å². The first-order valence-corrected chi connectivity index (χ1v) is 8.92. The lowest BCUT2D eigenvalue weighted by Gasteiger charge is -2.16. The first-order valence-electron chi connectivity index (χ1n) is 8.54. The number of rotatable bonds is 6. The fourth-order valence-electron chi connectivity index (χ4n) is 3.15. The fraction of sp³-hybridized carbons (Fsp3) is 0.200. The Bertz CT molecular complexity index is 1140. The standard InChI is InChI=1S/C20H17ClFNO6/c1-28-15-9-11(7-12-3-2-4-14(21)17(12)22)8-13-18(15)23(5-6-24)10-16(19(13)25)29-20(26)27/h2-4,8-10,24H,5-7H2,1H3,(H,26,27). The maximum atomic E-state index is 14.3. The summed E-state index contributed by atoms with van der Waals surface area (Å²) in [5.41, 5.74) is 0.575. The zero-order valence-corrected chi connectivity index (χ0v) is 16.1. The van der Waals surface area contributed by atoms with Crippen LogP contribution in [0.15, 0.2) is 41.3 Å². The van der Waals surface area contributed by atoms with Crippen molar-refractivity contribution in [2.45, 2.75) is 13.0 Å². The second-order valence-corrected chi connectivity index (χ2v) is 6.60. The number of methoxy groups -OCH3 is 1. The maximum Gasteiger partial charge on any atom is 0.511 e. The van der Waals surface area contributed by atoms with Gasteiger partial charge in [-0.25, -0.2) is 9.18 Å². The van der Waals surface area contributed by atoms with E-state index in [0.29, 0.717) is 22.4 Å². The Hall–Kier alpha value is -3.10. The lowest BCUT2D eigenvalue weighted by Crippen LogP contribution is -2.18. The Morgan fingerprint density at radius 2 is 2.03 bits per heavy atom. The van der Waals surface area contributed by atoms with E-state index in [-0.39, 0.29) is 30.0 Å². The third kappa shape index (κ3) is 4.18. The number of benzene rings is 2. The van der Waals surface area contributed by atoms with Gasteiger partial charge in [-0.1, -0.05) is 23.7 Å². The monoisotopic (exact) mass is 421 g/mol. The molecule has 0 atom stereocenters. The lowest BCUT2D eigenvalue weighted by atomic mass is 10.0. The number of nitrogens with zero attached hydrogens (tertiary/aromatic N) is 1. The van der Waals surface area contributed by atoms with Gasteiger partial charge in [0.15, 0.2) is 5.75 Å². The quantitative estimate of drug-likeness (QED) is 0.592. The van der Waals surface area contributed by atoms with Crippen LogP contribution in [-0.2, 0) is 13.0 Å². The number of halogens is 2. The second kappa shape index (κ2) is 8.50. The van der Waals surface area contributed by atoms with Crippen molar-refractivity contribution in [1.29, 1.82) is 0 Å². The van der Waals surface area contributed by atoms with Crippen LogP contribution in [0, 0.1) is 5.82 Å². The zero-order valence-electron chi connectivity index (χ0n) is 15.3. The van der Waals surface area contributed by atoms with E-state index in [0.717, 1.165) is 0 Å². The maximum absolute atomic E-state index is 14.3. The van der Waals surface area contributed by atoms with Gasteiger partial charge in [0.05, 0.1) is 35.8 Å². The van der Waals surface area contributed by atoms with Gasteiger partial charge in [-0.15, -0.1) is 0 Å². The van der Waals surface area contributed by atoms with E-state index in [1.165, 1.54) is 30.0 Å². The number of aromatic nitrogens is 1. The fourth-order valence-corrected chi connectivity index (χ4v) is 3.34. The van der Waals surface area contributed by atoms with E-state index in [4.69, 9.17) is 21.4 Å². The summed E-state index contributed by atoms with van der Waals surface area (Å²) < 4.78 is 25.8. The number of hydrogen-bond acceptors (Lipinski definition) is 5. The normalized spacial score (nSPS) is 10.9. The SMILES string of the molecule is COc1cc(Cc2cccc(Cl)c2F)cc2c(=O)c(OC(=O)O)cn(CCO)c12. The molecule has 0 aliphatic rings. The van der Waals surface area contributed by atoms with Gasteiger partial charge < -0.3 is 24.3 Å². The van der Waals surface area contributed by atoms with Gasteiger partial charge in [-0.2, -0.15) is 0 Å². The highest BCUT2D eigenvalue weighted by atomic mass is 35.5. The zero-order chi connectivity index (χ0) is 21.1. The molecule has 0 radical (unpaired) electrons. The number of carboxylic acid groups (broad SMARTS) is 1. The largest absolute Gasteiger partial charge is 0.511 e. The van der Waals surface area contributed by atoms with Gasteiger partial charge in [0.1, 0.15) is 11.6 Å². The summed E-state index contributed by atoms with van der Waals surface area (Å²) in [4.78, 5) is 23.7. The molecular formula is C20H17ClFNO6. The van der Waals surface area contributed by atoms with Gasteiger partial charge in [-0.3, -0.25) is 4.79 Å². The minimum absolute atomic E-state index is 0.0160. The molecule has 2 aromatic carbocycles. The smallest absolute Gasteiger partial charge is 0.495 e. The molecule has 0 unspecified atom stereocenters. The molecule has 0 fully saturated rings. The molecule has 2 N–H and O–H groups in total. The molecule has 9 heteroatoms. The molecular weight excluding hydrogens is 405 g/mol. The van der Waals surface area contributed by atoms with Crippen molar-refractivity contribution in [2.24, 2.45) is 0 Å². The molecule has 3 rings (SSSR count). The van der Waals surface area contributed by atoms with Crippen LogP contribution in [0.4, 0.5) is 9.18 Å². The van der Waals surface area contributed by atoms with Gasteiger partial charge in [0.2, 0.25) is 5.43 Å². The Kier molecular flexibility index (Phi) is 6.05. The van der Waals surface area contributed by atoms with Crippen LogP contribution in [0.1, 0.15) is 11.1 Å². The Morgan fingerprint density at radius 1 is 1.28 bits per heavy atom. The number of fused-ring (bicyclic) bond motifs is 1. The summed E-state index contributed by atoms with van der Waals surface area (Å²) in [6.07, 6.45) is -0.309. The van der Waals surface area contributed by atoms with E-state index in [1.807, 2.05) is 0 Å².